The number of nitrogens with one attached hydrogen (secondary N) is 2. The first kappa shape index (κ1) is 14.7. The maximum absolute atomic E-state index is 11.4. The summed E-state index contributed by atoms with van der Waals surface area (Å²) in [6.07, 6.45) is 2.72. The predicted octanol–water partition coefficient (Wildman–Crippen LogP) is 0.773. The first-order chi connectivity index (χ1) is 8.41. The monoisotopic (exact) mass is 275 g/mol. The van der Waals surface area contributed by atoms with E-state index in [1.165, 1.54) is 24.5 Å². The van der Waals surface area contributed by atoms with Crippen LogP contribution in [0.4, 0.5) is 0 Å². The van der Waals surface area contributed by atoms with Gasteiger partial charge in [-0.2, -0.15) is 4.62 Å². The lowest BCUT2D eigenvalue weighted by Gasteiger charge is -2.13. The predicted molar refractivity (Wildman–Crippen MR) is 62.0 cm³/mol. The molecular weight excluding hydrogens is 261 g/mol. The third-order valence-corrected chi connectivity index (χ3v) is 2.34. The van der Waals surface area contributed by atoms with Crippen LogP contribution >= 0.6 is 7.82 Å². The Bertz CT molecular complexity index is 439. The second kappa shape index (κ2) is 6.58. The van der Waals surface area contributed by atoms with Crippen LogP contribution in [0.2, 0.25) is 0 Å². The molecule has 1 rings (SSSR count). The molecule has 18 heavy (non-hydrogen) atoms. The molecule has 3 N–H and O–H groups in total. The van der Waals surface area contributed by atoms with Crippen molar-refractivity contribution in [3.8, 4) is 0 Å². The SMILES string of the molecule is CC(C)NNOP(=O)(O)OC(=O)c1ccncc1. The lowest BCUT2D eigenvalue weighted by molar-refractivity contribution is 0.0485. The van der Waals surface area contributed by atoms with E-state index in [1.807, 2.05) is 5.59 Å². The number of phosphoric ester groups is 1. The van der Waals surface area contributed by atoms with Gasteiger partial charge in [-0.05, 0) is 26.0 Å². The zero-order valence-electron chi connectivity index (χ0n) is 9.86. The van der Waals surface area contributed by atoms with Crippen molar-refractivity contribution in [3.63, 3.8) is 0 Å². The van der Waals surface area contributed by atoms with Crippen molar-refractivity contribution in [1.82, 2.24) is 16.0 Å². The summed E-state index contributed by atoms with van der Waals surface area (Å²) >= 11 is 0. The number of aromatic nitrogens is 1. The number of hydrazine groups is 1. The summed E-state index contributed by atoms with van der Waals surface area (Å²) in [5, 5.41) is 0. The first-order valence-corrected chi connectivity index (χ1v) is 6.56. The van der Waals surface area contributed by atoms with Crippen LogP contribution in [0.3, 0.4) is 0 Å². The minimum atomic E-state index is -4.51. The molecule has 0 fully saturated rings. The van der Waals surface area contributed by atoms with Crippen molar-refractivity contribution < 1.29 is 23.4 Å². The van der Waals surface area contributed by atoms with Gasteiger partial charge in [0, 0.05) is 18.4 Å². The molecule has 0 aliphatic carbocycles. The summed E-state index contributed by atoms with van der Waals surface area (Å²) in [4.78, 5) is 24.4. The van der Waals surface area contributed by atoms with Crippen molar-refractivity contribution >= 4 is 13.8 Å². The van der Waals surface area contributed by atoms with Crippen molar-refractivity contribution in [2.24, 2.45) is 0 Å². The molecule has 0 radical (unpaired) electrons. The van der Waals surface area contributed by atoms with Gasteiger partial charge >= 0.3 is 13.8 Å². The molecule has 1 unspecified atom stereocenters. The van der Waals surface area contributed by atoms with Crippen LogP contribution in [0, 0.1) is 0 Å². The zero-order valence-corrected chi connectivity index (χ0v) is 10.8. The fourth-order valence-electron chi connectivity index (χ4n) is 0.866. The maximum Gasteiger partial charge on any atom is 0.547 e. The number of carbonyl (C=O) groups excluding carboxylic acids is 1. The fourth-order valence-corrected chi connectivity index (χ4v) is 1.39. The van der Waals surface area contributed by atoms with E-state index in [9.17, 15) is 14.3 Å². The van der Waals surface area contributed by atoms with E-state index < -0.39 is 13.8 Å². The molecule has 0 saturated heterocycles. The highest BCUT2D eigenvalue weighted by Crippen LogP contribution is 2.42. The molecule has 100 valence electrons. The third kappa shape index (κ3) is 5.35. The molecular formula is C9H14N3O5P. The lowest BCUT2D eigenvalue weighted by Crippen LogP contribution is -2.36. The summed E-state index contributed by atoms with van der Waals surface area (Å²) < 4.78 is 20.0. The summed E-state index contributed by atoms with van der Waals surface area (Å²) in [6.45, 7) is 3.56. The van der Waals surface area contributed by atoms with Crippen molar-refractivity contribution in [2.75, 3.05) is 0 Å². The van der Waals surface area contributed by atoms with Crippen molar-refractivity contribution in [2.45, 2.75) is 19.9 Å². The van der Waals surface area contributed by atoms with Gasteiger partial charge in [0.2, 0.25) is 0 Å². The second-order valence-electron chi connectivity index (χ2n) is 3.58. The molecule has 0 bridgehead atoms. The number of phosphoric acid groups is 1. The lowest BCUT2D eigenvalue weighted by atomic mass is 10.3. The van der Waals surface area contributed by atoms with E-state index in [2.05, 4.69) is 19.6 Å². The zero-order chi connectivity index (χ0) is 13.6. The number of hydrogen-bond donors (Lipinski definition) is 3. The number of carbonyl (C=O) groups is 1. The van der Waals surface area contributed by atoms with Gasteiger partial charge in [-0.15, -0.1) is 5.59 Å². The molecule has 9 heteroatoms. The Morgan fingerprint density at radius 1 is 1.44 bits per heavy atom. The molecule has 0 spiro atoms. The Balaban J connectivity index is 2.50. The Morgan fingerprint density at radius 3 is 2.61 bits per heavy atom. The van der Waals surface area contributed by atoms with Gasteiger partial charge in [0.05, 0.1) is 5.56 Å². The second-order valence-corrected chi connectivity index (χ2v) is 4.88. The molecule has 1 aromatic heterocycles. The standard InChI is InChI=1S/C9H14N3O5P/c1-7(2)11-12-17-18(14,15)16-9(13)8-3-5-10-6-4-8/h3-7,11-12H,1-2H3,(H,14,15). The van der Waals surface area contributed by atoms with Crippen LogP contribution < -0.4 is 11.0 Å². The topological polar surface area (TPSA) is 110 Å². The highest BCUT2D eigenvalue weighted by atomic mass is 31.2. The number of pyridine rings is 1. The van der Waals surface area contributed by atoms with Crippen LogP contribution in [-0.4, -0.2) is 21.9 Å². The average molecular weight is 275 g/mol. The van der Waals surface area contributed by atoms with Crippen LogP contribution in [0.25, 0.3) is 0 Å². The van der Waals surface area contributed by atoms with Crippen LogP contribution in [0.15, 0.2) is 24.5 Å². The summed E-state index contributed by atoms with van der Waals surface area (Å²) in [7, 11) is -4.51. The number of nitrogens with zero attached hydrogens (tertiary/aromatic N) is 1. The largest absolute Gasteiger partial charge is 0.547 e. The van der Waals surface area contributed by atoms with Crippen molar-refractivity contribution in [1.29, 1.82) is 0 Å². The molecule has 0 aliphatic rings. The first-order valence-electron chi connectivity index (χ1n) is 5.06. The van der Waals surface area contributed by atoms with E-state index >= 15 is 0 Å². The van der Waals surface area contributed by atoms with E-state index in [0.29, 0.717) is 0 Å². The highest BCUT2D eigenvalue weighted by molar-refractivity contribution is 7.48. The molecule has 8 nitrogen and oxygen atoms in total. The molecule has 1 atom stereocenters. The van der Waals surface area contributed by atoms with Gasteiger partial charge in [-0.1, -0.05) is 0 Å². The summed E-state index contributed by atoms with van der Waals surface area (Å²) in [5.41, 5.74) is 4.64. The molecule has 1 heterocycles. The van der Waals surface area contributed by atoms with Gasteiger partial charge in [0.1, 0.15) is 0 Å². The van der Waals surface area contributed by atoms with E-state index in [4.69, 9.17) is 0 Å². The summed E-state index contributed by atoms with van der Waals surface area (Å²) in [6, 6.07) is 2.67. The minimum Gasteiger partial charge on any atom is -0.366 e. The normalized spacial score (nSPS) is 14.2. The fraction of sp³-hybridized carbons (Fsp3) is 0.333. The molecule has 0 saturated carbocycles. The van der Waals surface area contributed by atoms with Gasteiger partial charge in [-0.3, -0.25) is 9.88 Å². The van der Waals surface area contributed by atoms with Gasteiger partial charge in [0.15, 0.2) is 0 Å². The quantitative estimate of drug-likeness (QED) is 0.516. The van der Waals surface area contributed by atoms with Crippen molar-refractivity contribution in [3.05, 3.63) is 30.1 Å². The Hall–Kier alpha value is -1.31. The summed E-state index contributed by atoms with van der Waals surface area (Å²) in [5.74, 6) is -0.977. The van der Waals surface area contributed by atoms with E-state index in [-0.39, 0.29) is 11.6 Å². The smallest absolute Gasteiger partial charge is 0.366 e. The van der Waals surface area contributed by atoms with Crippen LogP contribution in [-0.2, 0) is 13.7 Å². The molecule has 0 aromatic carbocycles. The Morgan fingerprint density at radius 2 is 2.06 bits per heavy atom. The number of rotatable bonds is 6. The third-order valence-electron chi connectivity index (χ3n) is 1.62. The van der Waals surface area contributed by atoms with Crippen LogP contribution in [0.1, 0.15) is 24.2 Å². The van der Waals surface area contributed by atoms with Gasteiger partial charge in [0.25, 0.3) is 0 Å². The molecule has 0 aliphatic heterocycles. The van der Waals surface area contributed by atoms with Gasteiger partial charge < -0.3 is 4.52 Å². The Kier molecular flexibility index (Phi) is 5.39. The molecule has 0 amide bonds. The maximum atomic E-state index is 11.4. The Labute approximate surface area is 104 Å². The molecule has 1 aromatic rings. The van der Waals surface area contributed by atoms with Crippen LogP contribution in [0.5, 0.6) is 0 Å². The van der Waals surface area contributed by atoms with E-state index in [1.54, 1.807) is 13.8 Å². The highest BCUT2D eigenvalue weighted by Gasteiger charge is 2.27. The van der Waals surface area contributed by atoms with Gasteiger partial charge in [-0.25, -0.2) is 14.8 Å². The van der Waals surface area contributed by atoms with E-state index in [0.717, 1.165) is 0 Å². The minimum absolute atomic E-state index is 0.0269. The number of hydrogen-bond acceptors (Lipinski definition) is 7. The average Bonchev–Trinajstić information content (AvgIpc) is 2.28.